The van der Waals surface area contributed by atoms with Crippen molar-refractivity contribution in [1.82, 2.24) is 25.1 Å². The smallest absolute Gasteiger partial charge is 0.272 e. The van der Waals surface area contributed by atoms with Gasteiger partial charge in [-0.3, -0.25) is 9.89 Å². The van der Waals surface area contributed by atoms with E-state index in [0.29, 0.717) is 5.69 Å². The van der Waals surface area contributed by atoms with Gasteiger partial charge in [0.05, 0.1) is 5.69 Å². The Morgan fingerprint density at radius 1 is 1.53 bits per heavy atom. The highest BCUT2D eigenvalue weighted by Crippen LogP contribution is 2.15. The molecule has 3 rings (SSSR count). The van der Waals surface area contributed by atoms with E-state index >= 15 is 0 Å². The van der Waals surface area contributed by atoms with E-state index in [9.17, 15) is 4.79 Å². The molecule has 2 aromatic heterocycles. The SMILES string of the molecule is Cc1cn2c(n1)CC[C@H](NC(=O)c1cc(C)[nH]n1)C2. The van der Waals surface area contributed by atoms with Crippen molar-refractivity contribution in [3.05, 3.63) is 35.2 Å². The summed E-state index contributed by atoms with van der Waals surface area (Å²) in [6, 6.07) is 1.90. The Bertz CT molecular complexity index is 612. The molecule has 100 valence electrons. The highest BCUT2D eigenvalue weighted by molar-refractivity contribution is 5.92. The van der Waals surface area contributed by atoms with Crippen molar-refractivity contribution in [3.63, 3.8) is 0 Å². The molecule has 0 unspecified atom stereocenters. The summed E-state index contributed by atoms with van der Waals surface area (Å²) in [7, 11) is 0. The molecule has 0 aromatic carbocycles. The van der Waals surface area contributed by atoms with Gasteiger partial charge in [-0.25, -0.2) is 4.98 Å². The van der Waals surface area contributed by atoms with Crippen LogP contribution >= 0.6 is 0 Å². The third-order valence-corrected chi connectivity index (χ3v) is 3.39. The van der Waals surface area contributed by atoms with E-state index in [1.165, 1.54) is 0 Å². The number of carbonyl (C=O) groups excluding carboxylic acids is 1. The average Bonchev–Trinajstić information content (AvgIpc) is 2.93. The number of aryl methyl sites for hydroxylation is 3. The topological polar surface area (TPSA) is 75.6 Å². The van der Waals surface area contributed by atoms with Gasteiger partial charge in [-0.05, 0) is 26.3 Å². The molecule has 1 atom stereocenters. The van der Waals surface area contributed by atoms with Crippen molar-refractivity contribution in [2.24, 2.45) is 0 Å². The number of amides is 1. The molecule has 0 bridgehead atoms. The van der Waals surface area contributed by atoms with Gasteiger partial charge in [0.1, 0.15) is 11.5 Å². The number of aromatic nitrogens is 4. The third-order valence-electron chi connectivity index (χ3n) is 3.39. The zero-order chi connectivity index (χ0) is 13.4. The van der Waals surface area contributed by atoms with Gasteiger partial charge in [0.25, 0.3) is 5.91 Å². The molecule has 6 heteroatoms. The predicted octanol–water partition coefficient (Wildman–Crippen LogP) is 0.968. The standard InChI is InChI=1S/C13H17N5O/c1-8-5-11(17-16-8)13(19)15-10-3-4-12-14-9(2)6-18(12)7-10/h5-6,10H,3-4,7H2,1-2H3,(H,15,19)(H,16,17)/t10-/m0/s1. The van der Waals surface area contributed by atoms with Gasteiger partial charge in [-0.1, -0.05) is 0 Å². The molecule has 0 radical (unpaired) electrons. The van der Waals surface area contributed by atoms with E-state index in [1.807, 2.05) is 20.0 Å². The minimum Gasteiger partial charge on any atom is -0.346 e. The van der Waals surface area contributed by atoms with Crippen LogP contribution in [0.25, 0.3) is 0 Å². The maximum atomic E-state index is 12.0. The van der Waals surface area contributed by atoms with E-state index in [-0.39, 0.29) is 11.9 Å². The van der Waals surface area contributed by atoms with Crippen molar-refractivity contribution in [2.75, 3.05) is 0 Å². The first-order valence-electron chi connectivity index (χ1n) is 6.47. The fourth-order valence-electron chi connectivity index (χ4n) is 2.50. The molecule has 0 saturated carbocycles. The third kappa shape index (κ3) is 2.38. The van der Waals surface area contributed by atoms with Crippen LogP contribution in [-0.4, -0.2) is 31.7 Å². The Kier molecular flexibility index (Phi) is 2.85. The van der Waals surface area contributed by atoms with Crippen LogP contribution in [0, 0.1) is 13.8 Å². The van der Waals surface area contributed by atoms with Crippen LogP contribution < -0.4 is 5.32 Å². The minimum atomic E-state index is -0.116. The highest BCUT2D eigenvalue weighted by atomic mass is 16.2. The van der Waals surface area contributed by atoms with Gasteiger partial charge in [0.15, 0.2) is 0 Å². The van der Waals surface area contributed by atoms with E-state index in [2.05, 4.69) is 25.1 Å². The number of nitrogens with one attached hydrogen (secondary N) is 2. The molecule has 0 spiro atoms. The number of hydrogen-bond acceptors (Lipinski definition) is 3. The molecule has 0 aliphatic carbocycles. The molecular formula is C13H17N5O. The van der Waals surface area contributed by atoms with Crippen LogP contribution in [0.5, 0.6) is 0 Å². The summed E-state index contributed by atoms with van der Waals surface area (Å²) in [4.78, 5) is 16.5. The van der Waals surface area contributed by atoms with E-state index < -0.39 is 0 Å². The predicted molar refractivity (Wildman–Crippen MR) is 69.9 cm³/mol. The lowest BCUT2D eigenvalue weighted by atomic mass is 10.1. The first kappa shape index (κ1) is 12.0. The molecule has 2 N–H and O–H groups in total. The van der Waals surface area contributed by atoms with Crippen LogP contribution in [-0.2, 0) is 13.0 Å². The van der Waals surface area contributed by atoms with Crippen molar-refractivity contribution in [1.29, 1.82) is 0 Å². The van der Waals surface area contributed by atoms with E-state index in [4.69, 9.17) is 0 Å². The van der Waals surface area contributed by atoms with Gasteiger partial charge >= 0.3 is 0 Å². The highest BCUT2D eigenvalue weighted by Gasteiger charge is 2.22. The summed E-state index contributed by atoms with van der Waals surface area (Å²) in [6.07, 6.45) is 3.86. The van der Waals surface area contributed by atoms with Crippen molar-refractivity contribution in [3.8, 4) is 0 Å². The van der Waals surface area contributed by atoms with Crippen LogP contribution in [0.4, 0.5) is 0 Å². The summed E-state index contributed by atoms with van der Waals surface area (Å²) >= 11 is 0. The lowest BCUT2D eigenvalue weighted by Gasteiger charge is -2.24. The summed E-state index contributed by atoms with van der Waals surface area (Å²) in [5.74, 6) is 0.994. The fourth-order valence-corrected chi connectivity index (χ4v) is 2.50. The molecular weight excluding hydrogens is 242 g/mol. The lowest BCUT2D eigenvalue weighted by Crippen LogP contribution is -2.41. The number of fused-ring (bicyclic) bond motifs is 1. The molecule has 0 saturated heterocycles. The van der Waals surface area contributed by atoms with Crippen molar-refractivity contribution in [2.45, 2.75) is 39.3 Å². The van der Waals surface area contributed by atoms with Gasteiger partial charge in [0, 0.05) is 30.9 Å². The van der Waals surface area contributed by atoms with Gasteiger partial charge in [0.2, 0.25) is 0 Å². The van der Waals surface area contributed by atoms with Gasteiger partial charge < -0.3 is 9.88 Å². The summed E-state index contributed by atoms with van der Waals surface area (Å²) < 4.78 is 2.12. The number of rotatable bonds is 2. The van der Waals surface area contributed by atoms with E-state index in [0.717, 1.165) is 36.6 Å². The van der Waals surface area contributed by atoms with Crippen molar-refractivity contribution < 1.29 is 4.79 Å². The number of hydrogen-bond donors (Lipinski definition) is 2. The number of carbonyl (C=O) groups is 1. The largest absolute Gasteiger partial charge is 0.346 e. The maximum Gasteiger partial charge on any atom is 0.272 e. The second-order valence-corrected chi connectivity index (χ2v) is 5.10. The molecule has 1 aliphatic heterocycles. The molecule has 2 aromatic rings. The van der Waals surface area contributed by atoms with Crippen LogP contribution in [0.2, 0.25) is 0 Å². The molecule has 1 aliphatic rings. The number of H-pyrrole nitrogens is 1. The van der Waals surface area contributed by atoms with Crippen LogP contribution in [0.15, 0.2) is 12.3 Å². The molecule has 1 amide bonds. The Morgan fingerprint density at radius 3 is 3.11 bits per heavy atom. The Balaban J connectivity index is 1.67. The number of nitrogens with zero attached hydrogens (tertiary/aromatic N) is 3. The van der Waals surface area contributed by atoms with Crippen LogP contribution in [0.1, 0.15) is 34.1 Å². The Hall–Kier alpha value is -2.11. The average molecular weight is 259 g/mol. The first-order valence-corrected chi connectivity index (χ1v) is 6.47. The Labute approximate surface area is 111 Å². The normalized spacial score (nSPS) is 18.1. The molecule has 6 nitrogen and oxygen atoms in total. The minimum absolute atomic E-state index is 0.116. The summed E-state index contributed by atoms with van der Waals surface area (Å²) in [5.41, 5.74) is 2.37. The zero-order valence-electron chi connectivity index (χ0n) is 11.1. The maximum absolute atomic E-state index is 12.0. The van der Waals surface area contributed by atoms with Gasteiger partial charge in [-0.15, -0.1) is 0 Å². The second-order valence-electron chi connectivity index (χ2n) is 5.10. The first-order chi connectivity index (χ1) is 9.11. The Morgan fingerprint density at radius 2 is 2.37 bits per heavy atom. The summed E-state index contributed by atoms with van der Waals surface area (Å²) in [6.45, 7) is 4.65. The summed E-state index contributed by atoms with van der Waals surface area (Å²) in [5, 5.41) is 9.78. The second kappa shape index (κ2) is 4.53. The number of imidazole rings is 1. The number of aromatic amines is 1. The van der Waals surface area contributed by atoms with E-state index in [1.54, 1.807) is 6.07 Å². The monoisotopic (exact) mass is 259 g/mol. The van der Waals surface area contributed by atoms with Crippen molar-refractivity contribution >= 4 is 5.91 Å². The van der Waals surface area contributed by atoms with Gasteiger partial charge in [-0.2, -0.15) is 5.10 Å². The van der Waals surface area contributed by atoms with Crippen LogP contribution in [0.3, 0.4) is 0 Å². The quantitative estimate of drug-likeness (QED) is 0.843. The molecule has 0 fully saturated rings. The zero-order valence-corrected chi connectivity index (χ0v) is 11.1. The molecule has 19 heavy (non-hydrogen) atoms. The lowest BCUT2D eigenvalue weighted by molar-refractivity contribution is 0.0922. The molecule has 3 heterocycles. The fraction of sp³-hybridized carbons (Fsp3) is 0.462.